The molecular weight excluding hydrogens is 547 g/mol. The summed E-state index contributed by atoms with van der Waals surface area (Å²) in [5.41, 5.74) is 3.22. The van der Waals surface area contributed by atoms with E-state index < -0.39 is 28.6 Å². The molecule has 1 saturated carbocycles. The Labute approximate surface area is 254 Å². The predicted molar refractivity (Wildman–Crippen MR) is 165 cm³/mol. The summed E-state index contributed by atoms with van der Waals surface area (Å²) in [4.78, 5) is 13.6. The van der Waals surface area contributed by atoms with Gasteiger partial charge in [0, 0.05) is 36.9 Å². The van der Waals surface area contributed by atoms with Crippen molar-refractivity contribution in [1.29, 1.82) is 5.26 Å². The molecule has 230 valence electrons. The van der Waals surface area contributed by atoms with Crippen LogP contribution < -0.4 is 4.90 Å². The van der Waals surface area contributed by atoms with Crippen LogP contribution in [0, 0.1) is 42.3 Å². The molecule has 5 nitrogen and oxygen atoms in total. The van der Waals surface area contributed by atoms with Gasteiger partial charge in [0.15, 0.2) is 0 Å². The van der Waals surface area contributed by atoms with Crippen LogP contribution in [0.2, 0.25) is 0 Å². The molecule has 0 radical (unpaired) electrons. The van der Waals surface area contributed by atoms with E-state index in [0.29, 0.717) is 5.56 Å². The second kappa shape index (κ2) is 12.1. The largest absolute Gasteiger partial charge is 0.326 e. The third-order valence-electron chi connectivity index (χ3n) is 9.70. The van der Waals surface area contributed by atoms with E-state index >= 15 is 8.78 Å². The van der Waals surface area contributed by atoms with Crippen LogP contribution >= 0.6 is 0 Å². The molecule has 0 N–H and O–H groups in total. The zero-order valence-corrected chi connectivity index (χ0v) is 26.2. The molecular formula is C35H44F3N5. The van der Waals surface area contributed by atoms with Gasteiger partial charge in [0.25, 0.3) is 5.92 Å². The number of aryl methyl sites for hydroxylation is 2. The molecule has 1 unspecified atom stereocenters. The minimum absolute atomic E-state index is 0.141. The highest BCUT2D eigenvalue weighted by Gasteiger charge is 2.51. The lowest BCUT2D eigenvalue weighted by Gasteiger charge is -2.46. The number of hydrogen-bond acceptors (Lipinski definition) is 5. The lowest BCUT2D eigenvalue weighted by molar-refractivity contribution is -0.134. The van der Waals surface area contributed by atoms with Crippen molar-refractivity contribution in [2.24, 2.45) is 11.3 Å². The van der Waals surface area contributed by atoms with Crippen molar-refractivity contribution in [2.45, 2.75) is 97.4 Å². The van der Waals surface area contributed by atoms with Gasteiger partial charge in [-0.2, -0.15) is 5.26 Å². The Balaban J connectivity index is 1.09. The molecule has 2 aliphatic heterocycles. The van der Waals surface area contributed by atoms with Crippen LogP contribution in [0.5, 0.6) is 0 Å². The molecule has 5 rings (SSSR count). The molecule has 43 heavy (non-hydrogen) atoms. The van der Waals surface area contributed by atoms with Gasteiger partial charge in [-0.1, -0.05) is 57.9 Å². The summed E-state index contributed by atoms with van der Waals surface area (Å²) in [5.74, 6) is -3.34. The maximum absolute atomic E-state index is 15.3. The second-order valence-corrected chi connectivity index (χ2v) is 13.1. The SMILES string of the molecule is C=C1C(C2(C#N)CC2)=Cc2c(C)nc(C)nc2N1CCCCCCC(C)N1CC(C(F)(F)c2cccc(C(C)C)c2F)C1. The first-order valence-corrected chi connectivity index (χ1v) is 15.8. The van der Waals surface area contributed by atoms with Crippen molar-refractivity contribution in [3.63, 3.8) is 0 Å². The highest BCUT2D eigenvalue weighted by molar-refractivity contribution is 5.80. The van der Waals surface area contributed by atoms with Gasteiger partial charge in [-0.15, -0.1) is 0 Å². The normalized spacial score (nSPS) is 19.1. The highest BCUT2D eigenvalue weighted by atomic mass is 19.3. The molecule has 1 aromatic heterocycles. The summed E-state index contributed by atoms with van der Waals surface area (Å²) < 4.78 is 45.4. The van der Waals surface area contributed by atoms with Crippen LogP contribution in [-0.4, -0.2) is 40.5 Å². The Hall–Kier alpha value is -3.18. The van der Waals surface area contributed by atoms with Gasteiger partial charge in [-0.3, -0.25) is 4.90 Å². The topological polar surface area (TPSA) is 56.1 Å². The first-order chi connectivity index (χ1) is 20.4. The maximum atomic E-state index is 15.3. The number of allylic oxidation sites excluding steroid dienone is 1. The molecule has 2 fully saturated rings. The van der Waals surface area contributed by atoms with E-state index in [0.717, 1.165) is 85.7 Å². The number of benzene rings is 1. The minimum Gasteiger partial charge on any atom is -0.326 e. The van der Waals surface area contributed by atoms with E-state index in [1.807, 2.05) is 27.7 Å². The second-order valence-electron chi connectivity index (χ2n) is 13.1. The number of likely N-dealkylation sites (tertiary alicyclic amines) is 1. The van der Waals surface area contributed by atoms with Gasteiger partial charge < -0.3 is 4.90 Å². The molecule has 0 amide bonds. The van der Waals surface area contributed by atoms with Gasteiger partial charge in [0.1, 0.15) is 17.5 Å². The van der Waals surface area contributed by atoms with Crippen molar-refractivity contribution in [1.82, 2.24) is 14.9 Å². The number of nitriles is 1. The molecule has 2 aromatic rings. The Morgan fingerprint density at radius 1 is 1.09 bits per heavy atom. The first kappa shape index (κ1) is 31.3. The molecule has 1 saturated heterocycles. The number of halogens is 3. The summed E-state index contributed by atoms with van der Waals surface area (Å²) in [6.45, 7) is 15.4. The third kappa shape index (κ3) is 5.98. The Morgan fingerprint density at radius 2 is 1.79 bits per heavy atom. The van der Waals surface area contributed by atoms with Crippen molar-refractivity contribution < 1.29 is 13.2 Å². The molecule has 8 heteroatoms. The van der Waals surface area contributed by atoms with E-state index in [2.05, 4.69) is 40.4 Å². The molecule has 3 heterocycles. The lowest BCUT2D eigenvalue weighted by atomic mass is 9.85. The first-order valence-electron chi connectivity index (χ1n) is 15.8. The van der Waals surface area contributed by atoms with Crippen LogP contribution in [0.25, 0.3) is 6.08 Å². The van der Waals surface area contributed by atoms with Gasteiger partial charge in [0.05, 0.1) is 28.7 Å². The summed E-state index contributed by atoms with van der Waals surface area (Å²) in [5, 5.41) is 9.86. The molecule has 0 spiro atoms. The van der Waals surface area contributed by atoms with Gasteiger partial charge in [-0.25, -0.2) is 23.1 Å². The fourth-order valence-corrected chi connectivity index (χ4v) is 6.62. The molecule has 1 atom stereocenters. The molecule has 0 bridgehead atoms. The number of aromatic nitrogens is 2. The van der Waals surface area contributed by atoms with Crippen molar-refractivity contribution >= 4 is 11.9 Å². The zero-order chi connectivity index (χ0) is 31.1. The quantitative estimate of drug-likeness (QED) is 0.232. The van der Waals surface area contributed by atoms with Crippen LogP contribution in [0.15, 0.2) is 36.0 Å². The van der Waals surface area contributed by atoms with Crippen LogP contribution in [-0.2, 0) is 5.92 Å². The van der Waals surface area contributed by atoms with Crippen LogP contribution in [0.1, 0.15) is 99.8 Å². The summed E-state index contributed by atoms with van der Waals surface area (Å²) >= 11 is 0. The van der Waals surface area contributed by atoms with Crippen LogP contribution in [0.3, 0.4) is 0 Å². The number of anilines is 1. The number of fused-ring (bicyclic) bond motifs is 1. The smallest absolute Gasteiger partial charge is 0.281 e. The van der Waals surface area contributed by atoms with E-state index in [-0.39, 0.29) is 25.0 Å². The number of rotatable bonds is 12. The summed E-state index contributed by atoms with van der Waals surface area (Å²) in [6, 6.07) is 7.11. The monoisotopic (exact) mass is 591 g/mol. The standard InChI is InChI=1S/C35H44F3N5/c1-22(2)28-13-11-14-30(32(28)36)35(37,38)27-19-42(20-27)23(3)12-9-7-8-10-17-43-25(5)31(34(21-39)15-16-34)18-29-24(4)40-26(6)41-33(29)43/h11,13-14,18,22-23,27H,5,7-10,12,15-17,19-20H2,1-4,6H3. The van der Waals surface area contributed by atoms with Crippen LogP contribution in [0.4, 0.5) is 19.0 Å². The third-order valence-corrected chi connectivity index (χ3v) is 9.70. The maximum Gasteiger partial charge on any atom is 0.281 e. The fraction of sp³-hybridized carbons (Fsp3) is 0.571. The Bertz CT molecular complexity index is 1450. The minimum atomic E-state index is -3.17. The van der Waals surface area contributed by atoms with E-state index in [1.165, 1.54) is 6.07 Å². The average Bonchev–Trinajstić information content (AvgIpc) is 3.71. The Morgan fingerprint density at radius 3 is 2.44 bits per heavy atom. The number of alkyl halides is 2. The molecule has 1 aromatic carbocycles. The van der Waals surface area contributed by atoms with Crippen molar-refractivity contribution in [2.75, 3.05) is 24.5 Å². The lowest BCUT2D eigenvalue weighted by Crippen LogP contribution is -2.56. The average molecular weight is 592 g/mol. The number of hydrogen-bond donors (Lipinski definition) is 0. The fourth-order valence-electron chi connectivity index (χ4n) is 6.62. The predicted octanol–water partition coefficient (Wildman–Crippen LogP) is 8.44. The summed E-state index contributed by atoms with van der Waals surface area (Å²) in [7, 11) is 0. The number of unbranched alkanes of at least 4 members (excludes halogenated alkanes) is 3. The highest BCUT2D eigenvalue weighted by Crippen LogP contribution is 2.56. The summed E-state index contributed by atoms with van der Waals surface area (Å²) in [6.07, 6.45) is 8.80. The Kier molecular flexibility index (Phi) is 8.77. The molecule has 1 aliphatic carbocycles. The van der Waals surface area contributed by atoms with E-state index in [4.69, 9.17) is 4.98 Å². The van der Waals surface area contributed by atoms with E-state index in [1.54, 1.807) is 12.1 Å². The van der Waals surface area contributed by atoms with Crippen molar-refractivity contribution in [3.8, 4) is 6.07 Å². The van der Waals surface area contributed by atoms with E-state index in [9.17, 15) is 9.65 Å². The van der Waals surface area contributed by atoms with Gasteiger partial charge >= 0.3 is 0 Å². The number of nitrogens with zero attached hydrogens (tertiary/aromatic N) is 5. The van der Waals surface area contributed by atoms with Gasteiger partial charge in [0.2, 0.25) is 0 Å². The van der Waals surface area contributed by atoms with Crippen molar-refractivity contribution in [3.05, 3.63) is 70.1 Å². The zero-order valence-electron chi connectivity index (χ0n) is 26.2. The van der Waals surface area contributed by atoms with Gasteiger partial charge in [-0.05, 0) is 69.6 Å². The molecule has 3 aliphatic rings.